The van der Waals surface area contributed by atoms with E-state index >= 15 is 0 Å². The molecule has 1 heterocycles. The summed E-state index contributed by atoms with van der Waals surface area (Å²) < 4.78 is 0. The van der Waals surface area contributed by atoms with Gasteiger partial charge in [0, 0.05) is 6.20 Å². The molecular weight excluding hydrogens is 111 g/mol. The number of rotatable bonds is 0. The molecule has 40 valence electrons. The Morgan fingerprint density at radius 2 is 2.44 bits per heavy atom. The summed E-state index contributed by atoms with van der Waals surface area (Å²) in [6.45, 7) is 0. The molecule has 0 atom stereocenters. The highest BCUT2D eigenvalue weighted by Gasteiger charge is 1.91. The van der Waals surface area contributed by atoms with Crippen molar-refractivity contribution in [2.24, 2.45) is 0 Å². The molecule has 0 aliphatic heterocycles. The van der Waals surface area contributed by atoms with Gasteiger partial charge in [0.15, 0.2) is 0 Å². The van der Waals surface area contributed by atoms with Crippen LogP contribution in [-0.4, -0.2) is 12.8 Å². The number of hydrogen-bond donors (Lipinski definition) is 0. The van der Waals surface area contributed by atoms with Gasteiger partial charge in [-0.05, 0) is 6.07 Å². The van der Waals surface area contributed by atoms with E-state index in [0.717, 1.165) is 0 Å². The van der Waals surface area contributed by atoms with Gasteiger partial charge in [-0.2, -0.15) is 5.26 Å². The van der Waals surface area contributed by atoms with Crippen LogP contribution in [0.2, 0.25) is 0 Å². The number of hydrogen-bond acceptors (Lipinski definition) is 2. The molecule has 0 aliphatic rings. The summed E-state index contributed by atoms with van der Waals surface area (Å²) in [6, 6.07) is 5.19. The molecule has 2 radical (unpaired) electrons. The predicted octanol–water partition coefficient (Wildman–Crippen LogP) is -0.253. The van der Waals surface area contributed by atoms with Gasteiger partial charge in [0.2, 0.25) is 0 Å². The number of nitriles is 1. The minimum Gasteiger partial charge on any atom is -0.246 e. The normalized spacial score (nSPS) is 8.33. The molecule has 0 spiro atoms. The van der Waals surface area contributed by atoms with Gasteiger partial charge >= 0.3 is 0 Å². The maximum absolute atomic E-state index is 8.33. The average Bonchev–Trinajstić information content (AvgIpc) is 1.89. The largest absolute Gasteiger partial charge is 0.246 e. The van der Waals surface area contributed by atoms with Crippen LogP contribution in [0.3, 0.4) is 0 Å². The molecule has 0 unspecified atom stereocenters. The summed E-state index contributed by atoms with van der Waals surface area (Å²) in [5.74, 6) is 0. The second-order valence-electron chi connectivity index (χ2n) is 1.55. The van der Waals surface area contributed by atoms with Crippen LogP contribution in [-0.2, 0) is 0 Å². The fraction of sp³-hybridized carbons (Fsp3) is 0. The molecule has 0 aliphatic carbocycles. The van der Waals surface area contributed by atoms with Crippen molar-refractivity contribution in [3.05, 3.63) is 24.0 Å². The first-order valence-corrected chi connectivity index (χ1v) is 2.45. The number of pyridine rings is 1. The van der Waals surface area contributed by atoms with Crippen molar-refractivity contribution < 1.29 is 0 Å². The number of nitrogens with zero attached hydrogens (tertiary/aromatic N) is 2. The third-order valence-corrected chi connectivity index (χ3v) is 0.945. The lowest BCUT2D eigenvalue weighted by Gasteiger charge is -1.90. The summed E-state index contributed by atoms with van der Waals surface area (Å²) in [4.78, 5) is 3.71. The molecule has 9 heavy (non-hydrogen) atoms. The van der Waals surface area contributed by atoms with E-state index < -0.39 is 0 Å². The van der Waals surface area contributed by atoms with Gasteiger partial charge in [-0.3, -0.25) is 0 Å². The fourth-order valence-electron chi connectivity index (χ4n) is 0.511. The third kappa shape index (κ3) is 1.08. The first-order chi connectivity index (χ1) is 4.34. The van der Waals surface area contributed by atoms with Crippen LogP contribution in [0.15, 0.2) is 18.3 Å². The summed E-state index contributed by atoms with van der Waals surface area (Å²) in [5.41, 5.74) is 0.720. The van der Waals surface area contributed by atoms with Gasteiger partial charge in [-0.15, -0.1) is 0 Å². The molecule has 1 aromatic rings. The molecular formula is C6H3BN2. The first kappa shape index (κ1) is 5.83. The Kier molecular flexibility index (Phi) is 1.50. The van der Waals surface area contributed by atoms with Gasteiger partial charge in [-0.25, -0.2) is 4.98 Å². The lowest BCUT2D eigenvalue weighted by molar-refractivity contribution is 1.28. The van der Waals surface area contributed by atoms with Crippen molar-refractivity contribution in [3.63, 3.8) is 0 Å². The summed E-state index contributed by atoms with van der Waals surface area (Å²) in [5, 5.41) is 8.33. The van der Waals surface area contributed by atoms with E-state index in [9.17, 15) is 0 Å². The predicted molar refractivity (Wildman–Crippen MR) is 34.3 cm³/mol. The zero-order chi connectivity index (χ0) is 6.69. The minimum absolute atomic E-state index is 0.289. The van der Waals surface area contributed by atoms with Crippen LogP contribution in [0.1, 0.15) is 5.69 Å². The average molecular weight is 114 g/mol. The van der Waals surface area contributed by atoms with Crippen molar-refractivity contribution in [1.82, 2.24) is 4.98 Å². The molecule has 3 heteroatoms. The van der Waals surface area contributed by atoms with Gasteiger partial charge in [0.25, 0.3) is 0 Å². The molecule has 0 amide bonds. The van der Waals surface area contributed by atoms with Crippen LogP contribution in [0.4, 0.5) is 0 Å². The Balaban J connectivity index is 3.20. The van der Waals surface area contributed by atoms with Gasteiger partial charge in [-0.1, -0.05) is 11.5 Å². The van der Waals surface area contributed by atoms with Crippen molar-refractivity contribution >= 4 is 13.3 Å². The Morgan fingerprint density at radius 1 is 1.67 bits per heavy atom. The van der Waals surface area contributed by atoms with Crippen LogP contribution in [0.5, 0.6) is 0 Å². The van der Waals surface area contributed by atoms with Crippen LogP contribution in [0.25, 0.3) is 0 Å². The second-order valence-corrected chi connectivity index (χ2v) is 1.55. The van der Waals surface area contributed by atoms with Gasteiger partial charge in [0.1, 0.15) is 19.6 Å². The zero-order valence-electron chi connectivity index (χ0n) is 4.70. The highest BCUT2D eigenvalue weighted by molar-refractivity contribution is 6.33. The van der Waals surface area contributed by atoms with E-state index in [1.54, 1.807) is 12.1 Å². The molecule has 2 nitrogen and oxygen atoms in total. The van der Waals surface area contributed by atoms with Crippen LogP contribution >= 0.6 is 0 Å². The Morgan fingerprint density at radius 3 is 2.89 bits per heavy atom. The lowest BCUT2D eigenvalue weighted by atomic mass is 9.95. The monoisotopic (exact) mass is 114 g/mol. The summed E-state index contributed by atoms with van der Waals surface area (Å²) in [7, 11) is 5.35. The van der Waals surface area contributed by atoms with Crippen LogP contribution in [0, 0.1) is 11.3 Å². The molecule has 0 N–H and O–H groups in total. The molecule has 0 saturated heterocycles. The lowest BCUT2D eigenvalue weighted by Crippen LogP contribution is -2.08. The Labute approximate surface area is 54.6 Å². The minimum atomic E-state index is 0.289. The molecule has 1 aromatic heterocycles. The van der Waals surface area contributed by atoms with Gasteiger partial charge in [0.05, 0.1) is 0 Å². The maximum atomic E-state index is 8.33. The summed E-state index contributed by atoms with van der Waals surface area (Å²) in [6.07, 6.45) is 1.54. The smallest absolute Gasteiger partial charge is 0.133 e. The highest BCUT2D eigenvalue weighted by atomic mass is 14.7. The zero-order valence-corrected chi connectivity index (χ0v) is 4.70. The molecule has 1 rings (SSSR count). The van der Waals surface area contributed by atoms with Crippen molar-refractivity contribution in [2.75, 3.05) is 0 Å². The molecule has 0 aromatic carbocycles. The van der Waals surface area contributed by atoms with E-state index in [0.29, 0.717) is 5.46 Å². The van der Waals surface area contributed by atoms with Crippen molar-refractivity contribution in [2.45, 2.75) is 0 Å². The second kappa shape index (κ2) is 2.32. The standard InChI is InChI=1S/C6H3BN2/c7-5-2-1-3-9-6(5)4-8/h1-3H. The quantitative estimate of drug-likeness (QED) is 0.436. The summed E-state index contributed by atoms with van der Waals surface area (Å²) >= 11 is 0. The number of aromatic nitrogens is 1. The van der Waals surface area contributed by atoms with Crippen molar-refractivity contribution in [1.29, 1.82) is 5.26 Å². The van der Waals surface area contributed by atoms with E-state index in [1.807, 2.05) is 6.07 Å². The Bertz CT molecular complexity index is 251. The van der Waals surface area contributed by atoms with E-state index in [2.05, 4.69) is 4.98 Å². The van der Waals surface area contributed by atoms with Crippen LogP contribution < -0.4 is 5.46 Å². The molecule has 0 fully saturated rings. The van der Waals surface area contributed by atoms with E-state index in [-0.39, 0.29) is 5.69 Å². The maximum Gasteiger partial charge on any atom is 0.133 e. The molecule has 0 bridgehead atoms. The molecule has 0 saturated carbocycles. The van der Waals surface area contributed by atoms with E-state index in [1.165, 1.54) is 6.20 Å². The first-order valence-electron chi connectivity index (χ1n) is 2.45. The third-order valence-electron chi connectivity index (χ3n) is 0.945. The van der Waals surface area contributed by atoms with Crippen molar-refractivity contribution in [3.8, 4) is 6.07 Å². The SMILES string of the molecule is [B]c1cccnc1C#N. The van der Waals surface area contributed by atoms with Gasteiger partial charge < -0.3 is 0 Å². The highest BCUT2D eigenvalue weighted by Crippen LogP contribution is 1.83. The van der Waals surface area contributed by atoms with E-state index in [4.69, 9.17) is 13.1 Å². The topological polar surface area (TPSA) is 36.7 Å². The Hall–Kier alpha value is -1.30. The fourth-order valence-corrected chi connectivity index (χ4v) is 0.511.